The second-order valence-electron chi connectivity index (χ2n) is 6.71. The summed E-state index contributed by atoms with van der Waals surface area (Å²) in [5.74, 6) is 1.03. The molecule has 3 aromatic rings. The number of nitrogens with zero attached hydrogens (tertiary/aromatic N) is 4. The van der Waals surface area contributed by atoms with E-state index < -0.39 is 15.6 Å². The lowest BCUT2D eigenvalue weighted by molar-refractivity contribution is 0.531. The van der Waals surface area contributed by atoms with Gasteiger partial charge < -0.3 is 4.42 Å². The van der Waals surface area contributed by atoms with Crippen LogP contribution in [0.4, 0.5) is 0 Å². The predicted molar refractivity (Wildman–Crippen MR) is 95.3 cm³/mol. The van der Waals surface area contributed by atoms with Crippen molar-refractivity contribution >= 4 is 32.5 Å². The Balaban J connectivity index is 1.94. The molecule has 1 aromatic carbocycles. The van der Waals surface area contributed by atoms with Gasteiger partial charge in [-0.2, -0.15) is 0 Å². The maximum absolute atomic E-state index is 12.7. The van der Waals surface area contributed by atoms with Gasteiger partial charge in [0.05, 0.1) is 15.4 Å². The van der Waals surface area contributed by atoms with E-state index in [1.165, 1.54) is 12.1 Å². The van der Waals surface area contributed by atoms with Crippen molar-refractivity contribution in [2.75, 3.05) is 0 Å². The zero-order valence-corrected chi connectivity index (χ0v) is 15.9. The normalized spacial score (nSPS) is 16.2. The fourth-order valence-electron chi connectivity index (χ4n) is 2.66. The number of aryl methyl sites for hydroxylation is 2. The fourth-order valence-corrected chi connectivity index (χ4v) is 4.50. The average molecular weight is 394 g/mol. The quantitative estimate of drug-likeness (QED) is 0.725. The molecule has 8 nitrogen and oxygen atoms in total. The molecule has 4 rings (SSSR count). The summed E-state index contributed by atoms with van der Waals surface area (Å²) < 4.78 is 33.7. The molecular formula is C16H16ClN5O3S. The third-order valence-corrected chi connectivity index (χ3v) is 6.16. The van der Waals surface area contributed by atoms with Gasteiger partial charge >= 0.3 is 0 Å². The highest BCUT2D eigenvalue weighted by Gasteiger charge is 2.41. The first-order valence-electron chi connectivity index (χ1n) is 7.99. The van der Waals surface area contributed by atoms with Crippen molar-refractivity contribution in [2.24, 2.45) is 0 Å². The standard InChI is InChI=1S/C16H16ClN5O3S/c1-8-18-13-11(14(19-8)15-21-20-9(2)25-15)6-10(7-12(13)17)26(23,24)22-16(3)4-5-16/h6-7,22H,4-5H2,1-3H3. The Morgan fingerprint density at radius 2 is 1.92 bits per heavy atom. The van der Waals surface area contributed by atoms with Gasteiger partial charge in [0.2, 0.25) is 15.9 Å². The first-order chi connectivity index (χ1) is 12.2. The van der Waals surface area contributed by atoms with Gasteiger partial charge in [-0.15, -0.1) is 10.2 Å². The van der Waals surface area contributed by atoms with Crippen LogP contribution in [0.1, 0.15) is 31.5 Å². The molecule has 1 aliphatic rings. The number of aromatic nitrogens is 4. The Morgan fingerprint density at radius 1 is 1.19 bits per heavy atom. The molecule has 2 aromatic heterocycles. The van der Waals surface area contributed by atoms with Crippen LogP contribution in [0.5, 0.6) is 0 Å². The summed E-state index contributed by atoms with van der Waals surface area (Å²) in [6.07, 6.45) is 1.62. The summed E-state index contributed by atoms with van der Waals surface area (Å²) in [4.78, 5) is 8.73. The van der Waals surface area contributed by atoms with Crippen molar-refractivity contribution in [2.45, 2.75) is 44.0 Å². The van der Waals surface area contributed by atoms with Crippen LogP contribution in [-0.2, 0) is 10.0 Å². The van der Waals surface area contributed by atoms with Gasteiger partial charge in [0.1, 0.15) is 11.5 Å². The third-order valence-electron chi connectivity index (χ3n) is 4.26. The van der Waals surface area contributed by atoms with Gasteiger partial charge in [0.15, 0.2) is 0 Å². The van der Waals surface area contributed by atoms with Crippen LogP contribution in [0, 0.1) is 13.8 Å². The van der Waals surface area contributed by atoms with Crippen LogP contribution < -0.4 is 4.72 Å². The number of hydrogen-bond donors (Lipinski definition) is 1. The summed E-state index contributed by atoms with van der Waals surface area (Å²) >= 11 is 6.34. The molecular weight excluding hydrogens is 378 g/mol. The molecule has 1 aliphatic carbocycles. The van der Waals surface area contributed by atoms with Crippen LogP contribution in [-0.4, -0.2) is 34.1 Å². The van der Waals surface area contributed by atoms with Gasteiger partial charge in [-0.1, -0.05) is 11.6 Å². The van der Waals surface area contributed by atoms with E-state index in [4.69, 9.17) is 16.0 Å². The van der Waals surface area contributed by atoms with Crippen LogP contribution in [0.2, 0.25) is 5.02 Å². The van der Waals surface area contributed by atoms with Gasteiger partial charge in [-0.3, -0.25) is 0 Å². The Kier molecular flexibility index (Phi) is 3.80. The number of fused-ring (bicyclic) bond motifs is 1. The number of nitrogens with one attached hydrogen (secondary N) is 1. The molecule has 1 N–H and O–H groups in total. The molecule has 136 valence electrons. The highest BCUT2D eigenvalue weighted by atomic mass is 35.5. The lowest BCUT2D eigenvalue weighted by atomic mass is 10.2. The largest absolute Gasteiger partial charge is 0.420 e. The van der Waals surface area contributed by atoms with Crippen molar-refractivity contribution in [1.82, 2.24) is 24.9 Å². The van der Waals surface area contributed by atoms with E-state index in [9.17, 15) is 8.42 Å². The van der Waals surface area contributed by atoms with Crippen molar-refractivity contribution in [3.63, 3.8) is 0 Å². The van der Waals surface area contributed by atoms with Crippen LogP contribution in [0.15, 0.2) is 21.4 Å². The second-order valence-corrected chi connectivity index (χ2v) is 8.80. The van der Waals surface area contributed by atoms with E-state index >= 15 is 0 Å². The second kappa shape index (κ2) is 5.70. The van der Waals surface area contributed by atoms with E-state index in [0.29, 0.717) is 28.3 Å². The van der Waals surface area contributed by atoms with Gasteiger partial charge in [-0.25, -0.2) is 23.1 Å². The van der Waals surface area contributed by atoms with E-state index in [-0.39, 0.29) is 15.8 Å². The minimum atomic E-state index is -3.73. The smallest absolute Gasteiger partial charge is 0.267 e. The summed E-state index contributed by atoms with van der Waals surface area (Å²) in [5, 5.41) is 8.44. The molecule has 10 heteroatoms. The highest BCUT2D eigenvalue weighted by Crippen LogP contribution is 2.37. The number of hydrogen-bond acceptors (Lipinski definition) is 7. The number of halogens is 1. The number of benzene rings is 1. The van der Waals surface area contributed by atoms with Crippen LogP contribution in [0.25, 0.3) is 22.5 Å². The van der Waals surface area contributed by atoms with E-state index in [1.807, 2.05) is 6.92 Å². The molecule has 0 aliphatic heterocycles. The maximum atomic E-state index is 12.7. The minimum Gasteiger partial charge on any atom is -0.420 e. The van der Waals surface area contributed by atoms with Crippen molar-refractivity contribution < 1.29 is 12.8 Å². The van der Waals surface area contributed by atoms with E-state index in [2.05, 4.69) is 24.9 Å². The van der Waals surface area contributed by atoms with Gasteiger partial charge in [-0.05, 0) is 38.8 Å². The summed E-state index contributed by atoms with van der Waals surface area (Å²) in [7, 11) is -3.73. The molecule has 0 amide bonds. The summed E-state index contributed by atoms with van der Waals surface area (Å²) in [6, 6.07) is 2.89. The number of sulfonamides is 1. The Morgan fingerprint density at radius 3 is 2.54 bits per heavy atom. The first kappa shape index (κ1) is 17.3. The maximum Gasteiger partial charge on any atom is 0.267 e. The average Bonchev–Trinajstić information content (AvgIpc) is 3.10. The van der Waals surface area contributed by atoms with Crippen molar-refractivity contribution in [3.05, 3.63) is 28.9 Å². The lowest BCUT2D eigenvalue weighted by Gasteiger charge is -2.14. The van der Waals surface area contributed by atoms with Crippen molar-refractivity contribution in [1.29, 1.82) is 0 Å². The monoisotopic (exact) mass is 393 g/mol. The van der Waals surface area contributed by atoms with Crippen molar-refractivity contribution in [3.8, 4) is 11.6 Å². The number of rotatable bonds is 4. The Bertz CT molecular complexity index is 1140. The molecule has 0 spiro atoms. The zero-order chi connectivity index (χ0) is 18.7. The first-order valence-corrected chi connectivity index (χ1v) is 9.85. The summed E-state index contributed by atoms with van der Waals surface area (Å²) in [6.45, 7) is 5.24. The SMILES string of the molecule is Cc1nc(-c2nnc(C)o2)c2cc(S(=O)(=O)NC3(C)CC3)cc(Cl)c2n1. The van der Waals surface area contributed by atoms with E-state index in [1.54, 1.807) is 13.8 Å². The molecule has 2 heterocycles. The molecule has 0 bridgehead atoms. The molecule has 1 saturated carbocycles. The fraction of sp³-hybridized carbons (Fsp3) is 0.375. The summed E-state index contributed by atoms with van der Waals surface area (Å²) in [5.41, 5.74) is 0.391. The zero-order valence-electron chi connectivity index (χ0n) is 14.4. The van der Waals surface area contributed by atoms with Crippen LogP contribution >= 0.6 is 11.6 Å². The van der Waals surface area contributed by atoms with E-state index in [0.717, 1.165) is 12.8 Å². The Labute approximate surface area is 155 Å². The topological polar surface area (TPSA) is 111 Å². The Hall–Kier alpha value is -2.10. The molecule has 0 unspecified atom stereocenters. The minimum absolute atomic E-state index is 0.0491. The lowest BCUT2D eigenvalue weighted by Crippen LogP contribution is -2.34. The van der Waals surface area contributed by atoms with Gasteiger partial charge in [0, 0.05) is 17.8 Å². The molecule has 0 saturated heterocycles. The molecule has 1 fully saturated rings. The third kappa shape index (κ3) is 3.06. The van der Waals surface area contributed by atoms with Crippen LogP contribution in [0.3, 0.4) is 0 Å². The van der Waals surface area contributed by atoms with Gasteiger partial charge in [0.25, 0.3) is 5.89 Å². The molecule has 0 radical (unpaired) electrons. The molecule has 26 heavy (non-hydrogen) atoms. The molecule has 0 atom stereocenters. The predicted octanol–water partition coefficient (Wildman–Crippen LogP) is 2.78. The highest BCUT2D eigenvalue weighted by molar-refractivity contribution is 7.89.